The van der Waals surface area contributed by atoms with E-state index in [1.807, 2.05) is 0 Å². The predicted molar refractivity (Wildman–Crippen MR) is 115 cm³/mol. The summed E-state index contributed by atoms with van der Waals surface area (Å²) in [7, 11) is -3.70. The largest absolute Gasteiger partial charge is 0.418 e. The van der Waals surface area contributed by atoms with Gasteiger partial charge in [-0.2, -0.15) is 17.5 Å². The Labute approximate surface area is 183 Å². The molecule has 1 heterocycles. The van der Waals surface area contributed by atoms with Crippen LogP contribution in [0.25, 0.3) is 0 Å². The topological polar surface area (TPSA) is 61.4 Å². The van der Waals surface area contributed by atoms with Crippen molar-refractivity contribution in [2.24, 2.45) is 0 Å². The molecule has 0 amide bonds. The molecule has 5 nitrogen and oxygen atoms in total. The van der Waals surface area contributed by atoms with Gasteiger partial charge < -0.3 is 10.6 Å². The molecule has 1 saturated heterocycles. The van der Waals surface area contributed by atoms with Crippen LogP contribution >= 0.6 is 23.8 Å². The molecule has 2 aromatic carbocycles. The lowest BCUT2D eigenvalue weighted by atomic mass is 10.1. The van der Waals surface area contributed by atoms with Gasteiger partial charge >= 0.3 is 6.18 Å². The third kappa shape index (κ3) is 5.23. The van der Waals surface area contributed by atoms with E-state index < -0.39 is 21.8 Å². The van der Waals surface area contributed by atoms with Crippen molar-refractivity contribution in [1.29, 1.82) is 0 Å². The van der Waals surface area contributed by atoms with Crippen molar-refractivity contribution in [3.8, 4) is 0 Å². The molecule has 0 radical (unpaired) electrons. The Kier molecular flexibility index (Phi) is 6.91. The Hall–Kier alpha value is -1.88. The first-order chi connectivity index (χ1) is 14.1. The zero-order valence-corrected chi connectivity index (χ0v) is 18.1. The number of sulfonamides is 1. The molecule has 0 spiro atoms. The smallest absolute Gasteiger partial charge is 0.332 e. The van der Waals surface area contributed by atoms with Crippen molar-refractivity contribution in [2.45, 2.75) is 30.3 Å². The van der Waals surface area contributed by atoms with Gasteiger partial charge in [-0.15, -0.1) is 0 Å². The summed E-state index contributed by atoms with van der Waals surface area (Å²) in [5, 5.41) is 5.22. The number of hydrogen-bond acceptors (Lipinski definition) is 3. The summed E-state index contributed by atoms with van der Waals surface area (Å²) in [6.45, 7) is 0.893. The molecule has 1 fully saturated rings. The van der Waals surface area contributed by atoms with Crippen molar-refractivity contribution in [3.05, 3.63) is 53.1 Å². The van der Waals surface area contributed by atoms with E-state index in [1.165, 1.54) is 40.7 Å². The van der Waals surface area contributed by atoms with E-state index in [9.17, 15) is 21.6 Å². The fourth-order valence-electron chi connectivity index (χ4n) is 3.13. The van der Waals surface area contributed by atoms with Crippen LogP contribution in [0.2, 0.25) is 5.02 Å². The van der Waals surface area contributed by atoms with Gasteiger partial charge in [0, 0.05) is 13.1 Å². The summed E-state index contributed by atoms with van der Waals surface area (Å²) in [5.74, 6) is 0. The van der Waals surface area contributed by atoms with Gasteiger partial charge in [-0.25, -0.2) is 8.42 Å². The van der Waals surface area contributed by atoms with Gasteiger partial charge in [0.05, 0.1) is 26.9 Å². The SMILES string of the molecule is O=S(=O)(c1ccc(Cl)c(NC(=S)Nc2ccccc2C(F)(F)F)c1)N1CCCCC1. The van der Waals surface area contributed by atoms with Crippen LogP contribution in [0, 0.1) is 0 Å². The molecule has 2 N–H and O–H groups in total. The van der Waals surface area contributed by atoms with Crippen LogP contribution in [0.3, 0.4) is 0 Å². The van der Waals surface area contributed by atoms with Gasteiger partial charge in [0.15, 0.2) is 5.11 Å². The number of para-hydroxylation sites is 1. The molecule has 0 atom stereocenters. The second-order valence-corrected chi connectivity index (χ2v) is 9.48. The second kappa shape index (κ2) is 9.09. The number of halogens is 4. The third-order valence-electron chi connectivity index (χ3n) is 4.62. The maximum atomic E-state index is 13.2. The normalized spacial score (nSPS) is 15.6. The number of thiocarbonyl (C=S) groups is 1. The Morgan fingerprint density at radius 2 is 1.63 bits per heavy atom. The zero-order valence-electron chi connectivity index (χ0n) is 15.7. The second-order valence-electron chi connectivity index (χ2n) is 6.73. The molecule has 0 saturated carbocycles. The minimum atomic E-state index is -4.56. The first-order valence-corrected chi connectivity index (χ1v) is 11.4. The van der Waals surface area contributed by atoms with Gasteiger partial charge in [-0.05, 0) is 55.4 Å². The lowest BCUT2D eigenvalue weighted by Crippen LogP contribution is -2.35. The molecular weight excluding hydrogens is 459 g/mol. The van der Waals surface area contributed by atoms with E-state index in [2.05, 4.69) is 10.6 Å². The van der Waals surface area contributed by atoms with E-state index in [0.717, 1.165) is 25.3 Å². The van der Waals surface area contributed by atoms with Gasteiger partial charge in [-0.3, -0.25) is 0 Å². The van der Waals surface area contributed by atoms with E-state index in [-0.39, 0.29) is 26.4 Å². The quantitative estimate of drug-likeness (QED) is 0.582. The lowest BCUT2D eigenvalue weighted by molar-refractivity contribution is -0.136. The lowest BCUT2D eigenvalue weighted by Gasteiger charge is -2.26. The first-order valence-electron chi connectivity index (χ1n) is 9.13. The van der Waals surface area contributed by atoms with Crippen LogP contribution in [0.4, 0.5) is 24.5 Å². The number of piperidine rings is 1. The maximum Gasteiger partial charge on any atom is 0.418 e. The highest BCUT2D eigenvalue weighted by molar-refractivity contribution is 7.89. The third-order valence-corrected chi connectivity index (χ3v) is 7.05. The fraction of sp³-hybridized carbons (Fsp3) is 0.316. The van der Waals surface area contributed by atoms with Crippen LogP contribution < -0.4 is 10.6 Å². The molecule has 0 aromatic heterocycles. The van der Waals surface area contributed by atoms with Crippen molar-refractivity contribution < 1.29 is 21.6 Å². The van der Waals surface area contributed by atoms with Crippen LogP contribution in [-0.2, 0) is 16.2 Å². The van der Waals surface area contributed by atoms with E-state index in [1.54, 1.807) is 0 Å². The van der Waals surface area contributed by atoms with Gasteiger partial charge in [0.1, 0.15) is 0 Å². The van der Waals surface area contributed by atoms with Gasteiger partial charge in [0.25, 0.3) is 0 Å². The average Bonchev–Trinajstić information content (AvgIpc) is 2.70. The number of anilines is 2. The highest BCUT2D eigenvalue weighted by atomic mass is 35.5. The van der Waals surface area contributed by atoms with Crippen LogP contribution in [-0.4, -0.2) is 30.9 Å². The Morgan fingerprint density at radius 3 is 2.30 bits per heavy atom. The molecule has 162 valence electrons. The summed E-state index contributed by atoms with van der Waals surface area (Å²) in [4.78, 5) is 0.0368. The van der Waals surface area contributed by atoms with Gasteiger partial charge in [-0.1, -0.05) is 30.2 Å². The summed E-state index contributed by atoms with van der Waals surface area (Å²) >= 11 is 11.3. The molecule has 3 rings (SSSR count). The predicted octanol–water partition coefficient (Wildman–Crippen LogP) is 5.34. The number of benzene rings is 2. The number of rotatable bonds is 4. The summed E-state index contributed by atoms with van der Waals surface area (Å²) in [6.07, 6.45) is -1.98. The highest BCUT2D eigenvalue weighted by Crippen LogP contribution is 2.35. The number of nitrogens with zero attached hydrogens (tertiary/aromatic N) is 1. The number of nitrogens with one attached hydrogen (secondary N) is 2. The summed E-state index contributed by atoms with van der Waals surface area (Å²) in [5.41, 5.74) is -0.922. The van der Waals surface area contributed by atoms with Crippen molar-refractivity contribution in [2.75, 3.05) is 23.7 Å². The molecule has 2 aromatic rings. The van der Waals surface area contributed by atoms with Crippen molar-refractivity contribution >= 4 is 50.3 Å². The maximum absolute atomic E-state index is 13.2. The Bertz CT molecular complexity index is 1040. The Morgan fingerprint density at radius 1 is 1.00 bits per heavy atom. The molecule has 0 aliphatic carbocycles. The minimum Gasteiger partial charge on any atom is -0.332 e. The zero-order chi connectivity index (χ0) is 21.9. The Balaban J connectivity index is 1.81. The van der Waals surface area contributed by atoms with Crippen molar-refractivity contribution in [3.63, 3.8) is 0 Å². The van der Waals surface area contributed by atoms with E-state index >= 15 is 0 Å². The minimum absolute atomic E-state index is 0.0368. The van der Waals surface area contributed by atoms with Crippen LogP contribution in [0.1, 0.15) is 24.8 Å². The molecule has 11 heteroatoms. The van der Waals surface area contributed by atoms with Crippen LogP contribution in [0.15, 0.2) is 47.4 Å². The molecule has 1 aliphatic rings. The number of alkyl halides is 3. The summed E-state index contributed by atoms with van der Waals surface area (Å²) < 4.78 is 66.6. The van der Waals surface area contributed by atoms with Crippen molar-refractivity contribution in [1.82, 2.24) is 4.31 Å². The van der Waals surface area contributed by atoms with E-state index in [0.29, 0.717) is 13.1 Å². The molecule has 30 heavy (non-hydrogen) atoms. The standard InChI is InChI=1S/C19H19ClF3N3O2S2/c20-15-9-8-13(30(27,28)26-10-4-1-5-11-26)12-17(15)25-18(29)24-16-7-3-2-6-14(16)19(21,22)23/h2-3,6-9,12H,1,4-5,10-11H2,(H2,24,25,29). The first kappa shape index (κ1) is 22.8. The number of hydrogen-bond donors (Lipinski definition) is 2. The van der Waals surface area contributed by atoms with Crippen LogP contribution in [0.5, 0.6) is 0 Å². The molecule has 1 aliphatic heterocycles. The fourth-order valence-corrected chi connectivity index (χ4v) is 5.06. The monoisotopic (exact) mass is 477 g/mol. The average molecular weight is 478 g/mol. The van der Waals surface area contributed by atoms with E-state index in [4.69, 9.17) is 23.8 Å². The molecule has 0 unspecified atom stereocenters. The molecular formula is C19H19ClF3N3O2S2. The highest BCUT2D eigenvalue weighted by Gasteiger charge is 2.33. The van der Waals surface area contributed by atoms with Gasteiger partial charge in [0.2, 0.25) is 10.0 Å². The molecule has 0 bridgehead atoms. The summed E-state index contributed by atoms with van der Waals surface area (Å²) in [6, 6.07) is 9.03.